The lowest BCUT2D eigenvalue weighted by atomic mass is 10.2. The Balaban J connectivity index is 2.34. The van der Waals surface area contributed by atoms with Gasteiger partial charge in [-0.3, -0.25) is 25.2 Å². The minimum Gasteiger partial charge on any atom is -0.325 e. The lowest BCUT2D eigenvalue weighted by Gasteiger charge is -2.10. The van der Waals surface area contributed by atoms with Gasteiger partial charge < -0.3 is 10.6 Å². The van der Waals surface area contributed by atoms with Gasteiger partial charge in [0.1, 0.15) is 0 Å². The number of benzene rings is 1. The van der Waals surface area contributed by atoms with Crippen LogP contribution in [0, 0.1) is 0 Å². The van der Waals surface area contributed by atoms with Crippen molar-refractivity contribution in [2.45, 2.75) is 19.8 Å². The minimum atomic E-state index is -0.463. The Morgan fingerprint density at radius 1 is 1.09 bits per heavy atom. The third-order valence-corrected chi connectivity index (χ3v) is 3.14. The molecular weight excluding hydrogens is 363 g/mol. The van der Waals surface area contributed by atoms with Gasteiger partial charge in [0.2, 0.25) is 17.7 Å². The van der Waals surface area contributed by atoms with E-state index in [9.17, 15) is 14.4 Å². The number of hydrogen-bond donors (Lipinski definition) is 4. The van der Waals surface area contributed by atoms with Crippen LogP contribution in [0.4, 0.5) is 5.69 Å². The Labute approximate surface area is 148 Å². The van der Waals surface area contributed by atoms with Gasteiger partial charge in [-0.05, 0) is 30.4 Å². The number of amides is 3. The molecule has 10 heteroatoms. The van der Waals surface area contributed by atoms with Crippen LogP contribution < -0.4 is 21.5 Å². The summed E-state index contributed by atoms with van der Waals surface area (Å²) in [4.78, 5) is 34.0. The van der Waals surface area contributed by atoms with E-state index in [1.807, 2.05) is 0 Å². The molecule has 0 saturated carbocycles. The highest BCUT2D eigenvalue weighted by atomic mass is 35.5. The van der Waals surface area contributed by atoms with Gasteiger partial charge in [0.25, 0.3) is 0 Å². The zero-order chi connectivity index (χ0) is 17.4. The average Bonchev–Trinajstić information content (AvgIpc) is 2.45. The van der Waals surface area contributed by atoms with Crippen molar-refractivity contribution in [3.05, 3.63) is 28.2 Å². The molecule has 0 heterocycles. The van der Waals surface area contributed by atoms with E-state index in [1.165, 1.54) is 13.0 Å². The predicted molar refractivity (Wildman–Crippen MR) is 92.0 cm³/mol. The quantitative estimate of drug-likeness (QED) is 0.473. The third kappa shape index (κ3) is 7.78. The highest BCUT2D eigenvalue weighted by Crippen LogP contribution is 2.25. The van der Waals surface area contributed by atoms with E-state index in [4.69, 9.17) is 35.4 Å². The molecule has 0 fully saturated rings. The second-order valence-corrected chi connectivity index (χ2v) is 5.61. The highest BCUT2D eigenvalue weighted by molar-refractivity contribution is 7.80. The second kappa shape index (κ2) is 9.29. The maximum Gasteiger partial charge on any atom is 0.238 e. The third-order valence-electron chi connectivity index (χ3n) is 2.39. The van der Waals surface area contributed by atoms with Crippen molar-refractivity contribution in [1.29, 1.82) is 0 Å². The molecule has 1 rings (SSSR count). The fourth-order valence-electron chi connectivity index (χ4n) is 1.41. The summed E-state index contributed by atoms with van der Waals surface area (Å²) in [5.41, 5.74) is 5.00. The maximum atomic E-state index is 11.8. The van der Waals surface area contributed by atoms with Gasteiger partial charge in [-0.1, -0.05) is 23.2 Å². The van der Waals surface area contributed by atoms with E-state index < -0.39 is 5.91 Å². The molecule has 124 valence electrons. The lowest BCUT2D eigenvalue weighted by Crippen LogP contribution is -2.48. The number of carbonyl (C=O) groups is 3. The van der Waals surface area contributed by atoms with E-state index in [-0.39, 0.29) is 29.8 Å². The predicted octanol–water partition coefficient (Wildman–Crippen LogP) is 1.75. The number of halogens is 2. The Hall–Kier alpha value is -1.90. The van der Waals surface area contributed by atoms with Gasteiger partial charge in [-0.15, -0.1) is 0 Å². The summed E-state index contributed by atoms with van der Waals surface area (Å²) in [5.74, 6) is -1.21. The van der Waals surface area contributed by atoms with Crippen LogP contribution in [0.2, 0.25) is 10.0 Å². The Bertz CT molecular complexity index is 640. The number of carbonyl (C=O) groups excluding carboxylic acids is 3. The van der Waals surface area contributed by atoms with Gasteiger partial charge in [0.05, 0.1) is 10.7 Å². The molecule has 0 aliphatic carbocycles. The molecule has 0 radical (unpaired) electrons. The van der Waals surface area contributed by atoms with E-state index in [2.05, 4.69) is 21.5 Å². The van der Waals surface area contributed by atoms with Crippen molar-refractivity contribution in [1.82, 2.24) is 16.2 Å². The summed E-state index contributed by atoms with van der Waals surface area (Å²) in [7, 11) is 0. The summed E-state index contributed by atoms with van der Waals surface area (Å²) < 4.78 is 0. The van der Waals surface area contributed by atoms with Gasteiger partial charge in [0.15, 0.2) is 5.11 Å². The van der Waals surface area contributed by atoms with Crippen LogP contribution in [-0.4, -0.2) is 22.8 Å². The monoisotopic (exact) mass is 376 g/mol. The summed E-state index contributed by atoms with van der Waals surface area (Å²) in [6.07, 6.45) is -0.133. The molecule has 3 amide bonds. The van der Waals surface area contributed by atoms with Crippen LogP contribution in [-0.2, 0) is 14.4 Å². The van der Waals surface area contributed by atoms with Gasteiger partial charge in [-0.25, -0.2) is 0 Å². The first-order chi connectivity index (χ1) is 10.8. The molecule has 1 aromatic rings. The number of thiocarbonyl (C=S) groups is 1. The number of hydrogen-bond acceptors (Lipinski definition) is 4. The molecule has 0 aromatic heterocycles. The number of nitrogens with one attached hydrogen (secondary N) is 4. The zero-order valence-electron chi connectivity index (χ0n) is 12.0. The van der Waals surface area contributed by atoms with E-state index in [1.54, 1.807) is 12.1 Å². The van der Waals surface area contributed by atoms with E-state index >= 15 is 0 Å². The molecule has 0 atom stereocenters. The van der Waals surface area contributed by atoms with Crippen LogP contribution in [0.1, 0.15) is 19.8 Å². The lowest BCUT2D eigenvalue weighted by molar-refractivity contribution is -0.124. The Morgan fingerprint density at radius 2 is 1.74 bits per heavy atom. The highest BCUT2D eigenvalue weighted by Gasteiger charge is 2.09. The average molecular weight is 377 g/mol. The topological polar surface area (TPSA) is 99.3 Å². The largest absolute Gasteiger partial charge is 0.325 e. The fraction of sp³-hybridized carbons (Fsp3) is 0.231. The number of rotatable bonds is 4. The van der Waals surface area contributed by atoms with E-state index in [0.29, 0.717) is 15.7 Å². The first-order valence-electron chi connectivity index (χ1n) is 6.39. The van der Waals surface area contributed by atoms with Crippen molar-refractivity contribution >= 4 is 63.9 Å². The molecule has 1 aromatic carbocycles. The second-order valence-electron chi connectivity index (χ2n) is 4.36. The molecule has 0 bridgehead atoms. The summed E-state index contributed by atoms with van der Waals surface area (Å²) in [5, 5.41) is 5.56. The van der Waals surface area contributed by atoms with Crippen molar-refractivity contribution < 1.29 is 14.4 Å². The van der Waals surface area contributed by atoms with Crippen molar-refractivity contribution in [3.8, 4) is 0 Å². The molecule has 23 heavy (non-hydrogen) atoms. The number of anilines is 1. The summed E-state index contributed by atoms with van der Waals surface area (Å²) in [6, 6.07) is 4.65. The summed E-state index contributed by atoms with van der Waals surface area (Å²) in [6.45, 7) is 1.28. The molecule has 0 aliphatic heterocycles. The first-order valence-corrected chi connectivity index (χ1v) is 7.55. The van der Waals surface area contributed by atoms with E-state index in [0.717, 1.165) is 0 Å². The first kappa shape index (κ1) is 19.1. The van der Waals surface area contributed by atoms with Gasteiger partial charge >= 0.3 is 0 Å². The van der Waals surface area contributed by atoms with Crippen molar-refractivity contribution in [2.75, 3.05) is 5.32 Å². The maximum absolute atomic E-state index is 11.8. The minimum absolute atomic E-state index is 0.0387. The van der Waals surface area contributed by atoms with Crippen molar-refractivity contribution in [2.24, 2.45) is 0 Å². The molecule has 0 spiro atoms. The van der Waals surface area contributed by atoms with Crippen LogP contribution >= 0.6 is 35.4 Å². The van der Waals surface area contributed by atoms with Crippen LogP contribution in [0.25, 0.3) is 0 Å². The van der Waals surface area contributed by atoms with Crippen LogP contribution in [0.3, 0.4) is 0 Å². The van der Waals surface area contributed by atoms with Crippen LogP contribution in [0.15, 0.2) is 18.2 Å². The standard InChI is InChI=1S/C13H14Cl2N4O3S/c1-7(20)16-13(23)19-18-12(22)5-4-11(21)17-10-3-2-8(14)6-9(10)15/h2-3,6H,4-5H2,1H3,(H,17,21)(H,18,22)(H2,16,19,20,23). The molecule has 4 N–H and O–H groups in total. The molecule has 0 unspecified atom stereocenters. The van der Waals surface area contributed by atoms with Crippen molar-refractivity contribution in [3.63, 3.8) is 0 Å². The SMILES string of the molecule is CC(=O)NC(=S)NNC(=O)CCC(=O)Nc1ccc(Cl)cc1Cl. The van der Waals surface area contributed by atoms with Crippen LogP contribution in [0.5, 0.6) is 0 Å². The smallest absolute Gasteiger partial charge is 0.238 e. The molecular formula is C13H14Cl2N4O3S. The number of hydrazine groups is 1. The summed E-state index contributed by atoms with van der Waals surface area (Å²) >= 11 is 16.4. The fourth-order valence-corrected chi connectivity index (χ4v) is 2.06. The Morgan fingerprint density at radius 3 is 2.35 bits per heavy atom. The molecule has 7 nitrogen and oxygen atoms in total. The zero-order valence-corrected chi connectivity index (χ0v) is 14.4. The Kier molecular flexibility index (Phi) is 7.73. The normalized spacial score (nSPS) is 9.70. The van der Waals surface area contributed by atoms with Gasteiger partial charge in [0, 0.05) is 24.8 Å². The molecule has 0 aliphatic rings. The molecule has 0 saturated heterocycles. The van der Waals surface area contributed by atoms with Gasteiger partial charge in [-0.2, -0.15) is 0 Å².